The molecule has 1 unspecified atom stereocenters. The number of guanidine groups is 1. The van der Waals surface area contributed by atoms with Crippen LogP contribution in [0.1, 0.15) is 34.1 Å². The van der Waals surface area contributed by atoms with Crippen molar-refractivity contribution in [3.05, 3.63) is 0 Å². The Morgan fingerprint density at radius 1 is 1.27 bits per heavy atom. The molecule has 0 aliphatic rings. The molecule has 9 heteroatoms. The molecule has 0 aliphatic carbocycles. The summed E-state index contributed by atoms with van der Waals surface area (Å²) in [5, 5.41) is 11.0. The number of hydrogen-bond donors (Lipinski definition) is 3. The number of nitrogens with two attached hydrogens (primary N) is 1. The first-order valence-electron chi connectivity index (χ1n) is 7.44. The maximum absolute atomic E-state index is 10.9. The van der Waals surface area contributed by atoms with Gasteiger partial charge in [0.2, 0.25) is 10.0 Å². The quantitative estimate of drug-likeness (QED) is 0.261. The zero-order valence-corrected chi connectivity index (χ0v) is 17.1. The number of nitrogens with one attached hydrogen (secondary N) is 2. The second-order valence-electron chi connectivity index (χ2n) is 5.08. The molecule has 0 saturated heterocycles. The van der Waals surface area contributed by atoms with Crippen LogP contribution in [-0.2, 0) is 14.8 Å². The molecule has 0 aromatic heterocycles. The summed E-state index contributed by atoms with van der Waals surface area (Å²) in [5.41, 5.74) is 0. The number of nitrogens with zero attached hydrogens (tertiary/aromatic N) is 1. The molecule has 0 amide bonds. The molecule has 0 rings (SSSR count). The van der Waals surface area contributed by atoms with Crippen molar-refractivity contribution in [2.45, 2.75) is 40.2 Å². The lowest BCUT2D eigenvalue weighted by molar-refractivity contribution is 0.0266. The zero-order valence-electron chi connectivity index (χ0n) is 14.0. The van der Waals surface area contributed by atoms with Gasteiger partial charge in [0, 0.05) is 26.2 Å². The van der Waals surface area contributed by atoms with Gasteiger partial charge in [0.05, 0.1) is 11.9 Å². The van der Waals surface area contributed by atoms with E-state index in [4.69, 9.17) is 9.88 Å². The molecule has 4 N–H and O–H groups in total. The van der Waals surface area contributed by atoms with Crippen molar-refractivity contribution in [3.63, 3.8) is 0 Å². The second-order valence-corrected chi connectivity index (χ2v) is 6.81. The van der Waals surface area contributed by atoms with Crippen molar-refractivity contribution in [1.82, 2.24) is 10.6 Å². The molecule has 134 valence electrons. The van der Waals surface area contributed by atoms with Crippen molar-refractivity contribution in [1.29, 1.82) is 0 Å². The molecule has 7 nitrogen and oxygen atoms in total. The third kappa shape index (κ3) is 13.5. The van der Waals surface area contributed by atoms with E-state index in [1.165, 1.54) is 0 Å². The van der Waals surface area contributed by atoms with Crippen LogP contribution in [0.2, 0.25) is 0 Å². The average molecular weight is 450 g/mol. The van der Waals surface area contributed by atoms with Gasteiger partial charge in [0.1, 0.15) is 0 Å². The summed E-state index contributed by atoms with van der Waals surface area (Å²) in [4.78, 5) is 4.42. The van der Waals surface area contributed by atoms with Gasteiger partial charge in [-0.05, 0) is 26.2 Å². The van der Waals surface area contributed by atoms with Gasteiger partial charge in [-0.1, -0.05) is 13.8 Å². The lowest BCUT2D eigenvalue weighted by Gasteiger charge is -2.20. The van der Waals surface area contributed by atoms with Crippen LogP contribution in [0.4, 0.5) is 0 Å². The van der Waals surface area contributed by atoms with Gasteiger partial charge >= 0.3 is 0 Å². The van der Waals surface area contributed by atoms with E-state index in [2.05, 4.69) is 29.5 Å². The first kappa shape index (κ1) is 24.1. The predicted octanol–water partition coefficient (Wildman–Crippen LogP) is 0.899. The summed E-state index contributed by atoms with van der Waals surface area (Å²) < 4.78 is 27.4. The normalized spacial score (nSPS) is 13.6. The highest BCUT2D eigenvalue weighted by molar-refractivity contribution is 14.0. The summed E-state index contributed by atoms with van der Waals surface area (Å²) in [6.07, 6.45) is 1.02. The van der Waals surface area contributed by atoms with Crippen LogP contribution in [0.15, 0.2) is 4.99 Å². The number of rotatable bonds is 10. The van der Waals surface area contributed by atoms with Crippen molar-refractivity contribution in [2.75, 3.05) is 32.0 Å². The van der Waals surface area contributed by atoms with Crippen LogP contribution in [0, 0.1) is 5.92 Å². The standard InChI is InChI=1S/C13H30N4O3S.HI/c1-5-15-13(17-9-10-21(14,18)19)16-8-7-12(11(3)4)20-6-2;/h11-12H,5-10H2,1-4H3,(H2,14,18,19)(H2,15,16,17);1H. The molecule has 0 radical (unpaired) electrons. The Hall–Kier alpha value is -0.130. The molecular formula is C13H31IN4O3S. The Labute approximate surface area is 151 Å². The zero-order chi connectivity index (χ0) is 16.3. The number of primary sulfonamides is 1. The summed E-state index contributed by atoms with van der Waals surface area (Å²) >= 11 is 0. The van der Waals surface area contributed by atoms with Crippen LogP contribution in [0.5, 0.6) is 0 Å². The summed E-state index contributed by atoms with van der Waals surface area (Å²) in [6.45, 7) is 10.4. The third-order valence-corrected chi connectivity index (χ3v) is 3.60. The van der Waals surface area contributed by atoms with E-state index in [1.807, 2.05) is 13.8 Å². The summed E-state index contributed by atoms with van der Waals surface area (Å²) in [5.74, 6) is 0.920. The lowest BCUT2D eigenvalue weighted by atomic mass is 10.0. The Morgan fingerprint density at radius 2 is 1.91 bits per heavy atom. The fourth-order valence-corrected chi connectivity index (χ4v) is 2.17. The molecule has 22 heavy (non-hydrogen) atoms. The molecule has 0 saturated carbocycles. The maximum Gasteiger partial charge on any atom is 0.210 e. The maximum atomic E-state index is 10.9. The number of hydrogen-bond acceptors (Lipinski definition) is 4. The van der Waals surface area contributed by atoms with Crippen LogP contribution < -0.4 is 15.8 Å². The lowest BCUT2D eigenvalue weighted by Crippen LogP contribution is -2.40. The molecule has 0 aromatic carbocycles. The predicted molar refractivity (Wildman–Crippen MR) is 102 cm³/mol. The average Bonchev–Trinajstić information content (AvgIpc) is 2.36. The van der Waals surface area contributed by atoms with Crippen LogP contribution in [0.3, 0.4) is 0 Å². The van der Waals surface area contributed by atoms with E-state index in [0.29, 0.717) is 31.6 Å². The first-order valence-corrected chi connectivity index (χ1v) is 9.15. The fraction of sp³-hybridized carbons (Fsp3) is 0.923. The number of sulfonamides is 1. The van der Waals surface area contributed by atoms with Gasteiger partial charge < -0.3 is 15.4 Å². The molecule has 1 atom stereocenters. The Balaban J connectivity index is 0. The molecular weight excluding hydrogens is 419 g/mol. The Morgan fingerprint density at radius 3 is 2.36 bits per heavy atom. The highest BCUT2D eigenvalue weighted by atomic mass is 127. The SMILES string of the molecule is CCNC(=NCCC(OCC)C(C)C)NCCS(N)(=O)=O.I. The number of ether oxygens (including phenoxy) is 1. The summed E-state index contributed by atoms with van der Waals surface area (Å²) in [7, 11) is -3.45. The van der Waals surface area contributed by atoms with Gasteiger partial charge in [0.15, 0.2) is 5.96 Å². The minimum Gasteiger partial charge on any atom is -0.378 e. The largest absolute Gasteiger partial charge is 0.378 e. The van der Waals surface area contributed by atoms with E-state index in [0.717, 1.165) is 6.42 Å². The van der Waals surface area contributed by atoms with Crippen LogP contribution in [0.25, 0.3) is 0 Å². The van der Waals surface area contributed by atoms with Crippen molar-refractivity contribution >= 4 is 40.0 Å². The van der Waals surface area contributed by atoms with Gasteiger partial charge in [-0.2, -0.15) is 0 Å². The van der Waals surface area contributed by atoms with Gasteiger partial charge in [-0.3, -0.25) is 4.99 Å². The van der Waals surface area contributed by atoms with Gasteiger partial charge in [0.25, 0.3) is 0 Å². The first-order chi connectivity index (χ1) is 9.80. The van der Waals surface area contributed by atoms with E-state index >= 15 is 0 Å². The molecule has 0 fully saturated rings. The second kappa shape index (κ2) is 13.3. The van der Waals surface area contributed by atoms with E-state index in [1.54, 1.807) is 0 Å². The molecule has 0 aliphatic heterocycles. The molecule has 0 heterocycles. The highest BCUT2D eigenvalue weighted by Crippen LogP contribution is 2.10. The van der Waals surface area contributed by atoms with Crippen molar-refractivity contribution < 1.29 is 13.2 Å². The fourth-order valence-electron chi connectivity index (χ4n) is 1.78. The van der Waals surface area contributed by atoms with Crippen molar-refractivity contribution in [3.8, 4) is 0 Å². The minimum absolute atomic E-state index is 0. The van der Waals surface area contributed by atoms with Crippen molar-refractivity contribution in [2.24, 2.45) is 16.0 Å². The molecule has 0 spiro atoms. The molecule has 0 aromatic rings. The van der Waals surface area contributed by atoms with Crippen LogP contribution in [-0.4, -0.2) is 52.5 Å². The topological polar surface area (TPSA) is 106 Å². The van der Waals surface area contributed by atoms with Gasteiger partial charge in [-0.15, -0.1) is 24.0 Å². The number of aliphatic imine (C=N–C) groups is 1. The minimum atomic E-state index is -3.45. The van der Waals surface area contributed by atoms with Crippen LogP contribution >= 0.6 is 24.0 Å². The number of halogens is 1. The van der Waals surface area contributed by atoms with E-state index in [-0.39, 0.29) is 42.4 Å². The smallest absolute Gasteiger partial charge is 0.210 e. The Kier molecular flexibility index (Phi) is 14.6. The van der Waals surface area contributed by atoms with Gasteiger partial charge in [-0.25, -0.2) is 13.6 Å². The van der Waals surface area contributed by atoms with E-state index in [9.17, 15) is 8.42 Å². The Bertz CT molecular complexity index is 402. The third-order valence-electron chi connectivity index (χ3n) is 2.83. The monoisotopic (exact) mass is 450 g/mol. The summed E-state index contributed by atoms with van der Waals surface area (Å²) in [6, 6.07) is 0. The van der Waals surface area contributed by atoms with E-state index < -0.39 is 10.0 Å². The molecule has 0 bridgehead atoms. The highest BCUT2D eigenvalue weighted by Gasteiger charge is 2.12.